The van der Waals surface area contributed by atoms with Crippen LogP contribution in [0.15, 0.2) is 66.2 Å². The van der Waals surface area contributed by atoms with Crippen molar-refractivity contribution in [1.82, 2.24) is 19.3 Å². The highest BCUT2D eigenvalue weighted by Crippen LogP contribution is 2.26. The second-order valence-corrected chi connectivity index (χ2v) is 6.82. The van der Waals surface area contributed by atoms with Crippen LogP contribution in [0.1, 0.15) is 5.56 Å². The molecule has 2 aromatic heterocycles. The normalized spacial score (nSPS) is 11.5. The first-order valence-corrected chi connectivity index (χ1v) is 8.49. The van der Waals surface area contributed by atoms with Crippen LogP contribution in [0.25, 0.3) is 11.3 Å². The van der Waals surface area contributed by atoms with Gasteiger partial charge < -0.3 is 5.32 Å². The Hall–Kier alpha value is -2.51. The van der Waals surface area contributed by atoms with Gasteiger partial charge in [0.15, 0.2) is 0 Å². The molecule has 3 rings (SSSR count). The lowest BCUT2D eigenvalue weighted by Crippen LogP contribution is -2.13. The zero-order chi connectivity index (χ0) is 16.3. The molecule has 0 atom stereocenters. The fourth-order valence-electron chi connectivity index (χ4n) is 2.34. The molecular weight excluding hydrogens is 312 g/mol. The monoisotopic (exact) mass is 328 g/mol. The van der Waals surface area contributed by atoms with Crippen molar-refractivity contribution in [2.75, 3.05) is 7.05 Å². The summed E-state index contributed by atoms with van der Waals surface area (Å²) in [6, 6.07) is 10.2. The zero-order valence-electron chi connectivity index (χ0n) is 12.5. The molecule has 0 aliphatic carbocycles. The summed E-state index contributed by atoms with van der Waals surface area (Å²) in [5.41, 5.74) is 2.06. The first-order chi connectivity index (χ1) is 11.1. The SMILES string of the molecule is CNCc1cc(-c2cncnc2)n(S(=O)(=O)c2ccccc2)c1. The summed E-state index contributed by atoms with van der Waals surface area (Å²) in [7, 11) is -1.87. The molecule has 0 bridgehead atoms. The predicted molar refractivity (Wildman–Crippen MR) is 87.2 cm³/mol. The molecule has 1 aromatic carbocycles. The summed E-state index contributed by atoms with van der Waals surface area (Å²) < 4.78 is 27.2. The van der Waals surface area contributed by atoms with Crippen LogP contribution < -0.4 is 5.32 Å². The number of nitrogens with one attached hydrogen (secondary N) is 1. The van der Waals surface area contributed by atoms with E-state index in [1.165, 1.54) is 10.3 Å². The molecule has 118 valence electrons. The van der Waals surface area contributed by atoms with Crippen molar-refractivity contribution < 1.29 is 8.42 Å². The minimum Gasteiger partial charge on any atom is -0.316 e. The number of benzene rings is 1. The van der Waals surface area contributed by atoms with Crippen molar-refractivity contribution in [3.63, 3.8) is 0 Å². The van der Waals surface area contributed by atoms with E-state index >= 15 is 0 Å². The fourth-order valence-corrected chi connectivity index (χ4v) is 3.76. The Morgan fingerprint density at radius 3 is 2.48 bits per heavy atom. The summed E-state index contributed by atoms with van der Waals surface area (Å²) in [5.74, 6) is 0. The molecule has 0 spiro atoms. The molecule has 0 fully saturated rings. The summed E-state index contributed by atoms with van der Waals surface area (Å²) in [6.45, 7) is 0.567. The van der Waals surface area contributed by atoms with Crippen molar-refractivity contribution in [1.29, 1.82) is 0 Å². The van der Waals surface area contributed by atoms with Crippen LogP contribution in [-0.2, 0) is 16.6 Å². The molecule has 6 nitrogen and oxygen atoms in total. The van der Waals surface area contributed by atoms with Crippen LogP contribution in [0.4, 0.5) is 0 Å². The van der Waals surface area contributed by atoms with E-state index in [1.54, 1.807) is 48.9 Å². The van der Waals surface area contributed by atoms with Crippen molar-refractivity contribution in [2.24, 2.45) is 0 Å². The fraction of sp³-hybridized carbons (Fsp3) is 0.125. The molecule has 3 aromatic rings. The third kappa shape index (κ3) is 3.01. The van der Waals surface area contributed by atoms with Gasteiger partial charge in [-0.25, -0.2) is 22.4 Å². The molecule has 2 heterocycles. The van der Waals surface area contributed by atoms with E-state index in [1.807, 2.05) is 13.1 Å². The Labute approximate surface area is 134 Å². The Balaban J connectivity index is 2.19. The van der Waals surface area contributed by atoms with Gasteiger partial charge in [0.05, 0.1) is 10.6 Å². The van der Waals surface area contributed by atoms with Gasteiger partial charge in [0.25, 0.3) is 10.0 Å². The predicted octanol–water partition coefficient (Wildman–Crippen LogP) is 1.90. The first-order valence-electron chi connectivity index (χ1n) is 7.05. The lowest BCUT2D eigenvalue weighted by molar-refractivity contribution is 0.588. The molecule has 0 amide bonds. The minimum atomic E-state index is -3.68. The van der Waals surface area contributed by atoms with Crippen LogP contribution in [0.3, 0.4) is 0 Å². The van der Waals surface area contributed by atoms with E-state index in [9.17, 15) is 8.42 Å². The second-order valence-electron chi connectivity index (χ2n) is 5.00. The maximum Gasteiger partial charge on any atom is 0.268 e. The second kappa shape index (κ2) is 6.31. The average Bonchev–Trinajstić information content (AvgIpc) is 3.02. The Bertz CT molecular complexity index is 890. The molecule has 23 heavy (non-hydrogen) atoms. The highest BCUT2D eigenvalue weighted by molar-refractivity contribution is 7.90. The standard InChI is InChI=1S/C16H16N4O2S/c1-17-8-13-7-16(14-9-18-12-19-10-14)20(11-13)23(21,22)15-5-3-2-4-6-15/h2-7,9-12,17H,8H2,1H3. The Kier molecular flexibility index (Phi) is 4.22. The van der Waals surface area contributed by atoms with Crippen molar-refractivity contribution >= 4 is 10.0 Å². The lowest BCUT2D eigenvalue weighted by Gasteiger charge is -2.10. The first kappa shape index (κ1) is 15.4. The average molecular weight is 328 g/mol. The molecule has 7 heteroatoms. The number of aromatic nitrogens is 3. The summed E-state index contributed by atoms with van der Waals surface area (Å²) in [6.07, 6.45) is 6.24. The van der Waals surface area contributed by atoms with E-state index in [0.29, 0.717) is 17.8 Å². The highest BCUT2D eigenvalue weighted by atomic mass is 32.2. The number of hydrogen-bond acceptors (Lipinski definition) is 5. The van der Waals surface area contributed by atoms with E-state index < -0.39 is 10.0 Å². The maximum atomic E-state index is 12.9. The topological polar surface area (TPSA) is 76.9 Å². The molecule has 0 unspecified atom stereocenters. The Morgan fingerprint density at radius 1 is 1.13 bits per heavy atom. The van der Waals surface area contributed by atoms with Crippen LogP contribution in [0.2, 0.25) is 0 Å². The van der Waals surface area contributed by atoms with Gasteiger partial charge in [-0.05, 0) is 30.8 Å². The maximum absolute atomic E-state index is 12.9. The quantitative estimate of drug-likeness (QED) is 0.774. The van der Waals surface area contributed by atoms with Crippen molar-refractivity contribution in [2.45, 2.75) is 11.4 Å². The van der Waals surface area contributed by atoms with Gasteiger partial charge in [-0.2, -0.15) is 0 Å². The summed E-state index contributed by atoms with van der Waals surface area (Å²) in [4.78, 5) is 8.20. The van der Waals surface area contributed by atoms with Gasteiger partial charge in [0.2, 0.25) is 0 Å². The third-order valence-corrected chi connectivity index (χ3v) is 5.07. The van der Waals surface area contributed by atoms with Gasteiger partial charge in [0.1, 0.15) is 6.33 Å². The van der Waals surface area contributed by atoms with E-state index in [4.69, 9.17) is 0 Å². The smallest absolute Gasteiger partial charge is 0.268 e. The van der Waals surface area contributed by atoms with Gasteiger partial charge >= 0.3 is 0 Å². The molecule has 1 N–H and O–H groups in total. The highest BCUT2D eigenvalue weighted by Gasteiger charge is 2.21. The van der Waals surface area contributed by atoms with Gasteiger partial charge in [-0.1, -0.05) is 18.2 Å². The van der Waals surface area contributed by atoms with Gasteiger partial charge in [-0.3, -0.25) is 0 Å². The molecule has 0 saturated carbocycles. The van der Waals surface area contributed by atoms with E-state index in [2.05, 4.69) is 15.3 Å². The number of rotatable bonds is 5. The minimum absolute atomic E-state index is 0.240. The number of nitrogens with zero attached hydrogens (tertiary/aromatic N) is 3. The van der Waals surface area contributed by atoms with Crippen LogP contribution in [0.5, 0.6) is 0 Å². The van der Waals surface area contributed by atoms with Crippen molar-refractivity contribution in [3.05, 3.63) is 66.9 Å². The molecule has 0 aliphatic heterocycles. The number of hydrogen-bond donors (Lipinski definition) is 1. The third-order valence-electron chi connectivity index (χ3n) is 3.38. The van der Waals surface area contributed by atoms with E-state index in [-0.39, 0.29) is 4.90 Å². The summed E-state index contributed by atoms with van der Waals surface area (Å²) in [5, 5.41) is 3.03. The molecular formula is C16H16N4O2S. The largest absolute Gasteiger partial charge is 0.316 e. The molecule has 0 saturated heterocycles. The van der Waals surface area contributed by atoms with Crippen LogP contribution in [0, 0.1) is 0 Å². The van der Waals surface area contributed by atoms with Crippen LogP contribution >= 0.6 is 0 Å². The van der Waals surface area contributed by atoms with Gasteiger partial charge in [0, 0.05) is 30.7 Å². The Morgan fingerprint density at radius 2 is 1.83 bits per heavy atom. The molecule has 0 radical (unpaired) electrons. The molecule has 0 aliphatic rings. The van der Waals surface area contributed by atoms with Gasteiger partial charge in [-0.15, -0.1) is 0 Å². The lowest BCUT2D eigenvalue weighted by atomic mass is 10.2. The van der Waals surface area contributed by atoms with Crippen molar-refractivity contribution in [3.8, 4) is 11.3 Å². The zero-order valence-corrected chi connectivity index (χ0v) is 13.4. The van der Waals surface area contributed by atoms with E-state index in [0.717, 1.165) is 5.56 Å². The van der Waals surface area contributed by atoms with Crippen LogP contribution in [-0.4, -0.2) is 29.4 Å². The summed E-state index contributed by atoms with van der Waals surface area (Å²) >= 11 is 0.